The van der Waals surface area contributed by atoms with Crippen molar-refractivity contribution in [3.8, 4) is 5.69 Å². The Bertz CT molecular complexity index is 762. The van der Waals surface area contributed by atoms with E-state index in [1.807, 2.05) is 31.2 Å². The van der Waals surface area contributed by atoms with Gasteiger partial charge in [-0.1, -0.05) is 18.2 Å². The maximum absolute atomic E-state index is 12.4. The van der Waals surface area contributed by atoms with Gasteiger partial charge in [-0.15, -0.1) is 0 Å². The summed E-state index contributed by atoms with van der Waals surface area (Å²) in [7, 11) is 0. The van der Waals surface area contributed by atoms with Crippen LogP contribution in [0.1, 0.15) is 34.5 Å². The third-order valence-corrected chi connectivity index (χ3v) is 4.24. The number of hydrogen-bond acceptors (Lipinski definition) is 3. The van der Waals surface area contributed by atoms with Gasteiger partial charge in [0, 0.05) is 0 Å². The summed E-state index contributed by atoms with van der Waals surface area (Å²) < 4.78 is 1.71. The van der Waals surface area contributed by atoms with E-state index in [4.69, 9.17) is 0 Å². The van der Waals surface area contributed by atoms with Crippen molar-refractivity contribution in [2.45, 2.75) is 32.7 Å². The van der Waals surface area contributed by atoms with Gasteiger partial charge in [-0.05, 0) is 44.2 Å². The Balaban J connectivity index is 1.85. The lowest BCUT2D eigenvalue weighted by molar-refractivity contribution is -0.139. The highest BCUT2D eigenvalue weighted by Crippen LogP contribution is 2.33. The number of carbonyl (C=O) groups is 2. The van der Waals surface area contributed by atoms with Gasteiger partial charge in [0.1, 0.15) is 6.04 Å². The Morgan fingerprint density at radius 2 is 2.00 bits per heavy atom. The lowest BCUT2D eigenvalue weighted by Gasteiger charge is -2.13. The molecule has 0 bridgehead atoms. The van der Waals surface area contributed by atoms with Gasteiger partial charge in [0.05, 0.1) is 23.1 Å². The highest BCUT2D eigenvalue weighted by molar-refractivity contribution is 5.97. The van der Waals surface area contributed by atoms with Crippen LogP contribution < -0.4 is 5.32 Å². The smallest absolute Gasteiger partial charge is 0.326 e. The third kappa shape index (κ3) is 2.97. The van der Waals surface area contributed by atoms with Crippen molar-refractivity contribution in [3.05, 3.63) is 47.3 Å². The quantitative estimate of drug-likeness (QED) is 0.885. The van der Waals surface area contributed by atoms with E-state index in [9.17, 15) is 14.7 Å². The largest absolute Gasteiger partial charge is 0.480 e. The summed E-state index contributed by atoms with van der Waals surface area (Å²) in [5.74, 6) is -1.32. The molecule has 0 saturated heterocycles. The molecule has 6 heteroatoms. The monoisotopic (exact) mass is 313 g/mol. The Morgan fingerprint density at radius 1 is 1.30 bits per heavy atom. The summed E-state index contributed by atoms with van der Waals surface area (Å²) >= 11 is 0. The molecule has 1 unspecified atom stereocenters. The van der Waals surface area contributed by atoms with Gasteiger partial charge in [-0.3, -0.25) is 4.79 Å². The number of para-hydroxylation sites is 1. The Kier molecular flexibility index (Phi) is 3.90. The number of benzene rings is 1. The van der Waals surface area contributed by atoms with Gasteiger partial charge in [0.15, 0.2) is 0 Å². The molecule has 1 aromatic carbocycles. The number of carboxylic acid groups (broad SMARTS) is 1. The zero-order valence-electron chi connectivity index (χ0n) is 13.1. The fourth-order valence-corrected chi connectivity index (χ4v) is 2.71. The molecule has 1 aromatic heterocycles. The maximum atomic E-state index is 12.4. The van der Waals surface area contributed by atoms with E-state index in [1.165, 1.54) is 6.20 Å². The molecule has 1 aliphatic carbocycles. The van der Waals surface area contributed by atoms with Gasteiger partial charge < -0.3 is 10.4 Å². The van der Waals surface area contributed by atoms with Crippen molar-refractivity contribution in [1.82, 2.24) is 15.1 Å². The molecular formula is C17H19N3O3. The maximum Gasteiger partial charge on any atom is 0.326 e. The molecule has 120 valence electrons. The molecule has 1 aliphatic rings. The lowest BCUT2D eigenvalue weighted by atomic mass is 10.1. The van der Waals surface area contributed by atoms with Crippen LogP contribution in [-0.2, 0) is 4.79 Å². The van der Waals surface area contributed by atoms with Gasteiger partial charge in [0.25, 0.3) is 5.91 Å². The predicted molar refractivity (Wildman–Crippen MR) is 84.7 cm³/mol. The van der Waals surface area contributed by atoms with Crippen molar-refractivity contribution >= 4 is 11.9 Å². The first-order valence-electron chi connectivity index (χ1n) is 7.63. The molecular weight excluding hydrogens is 294 g/mol. The summed E-state index contributed by atoms with van der Waals surface area (Å²) in [6, 6.07) is 6.95. The van der Waals surface area contributed by atoms with Gasteiger partial charge in [-0.25, -0.2) is 9.48 Å². The standard InChI is InChI=1S/C17H19N3O3/c1-10-5-3-4-6-14(10)20-11(2)13(9-18-20)16(21)19-15(17(22)23)12-7-8-12/h3-6,9,12,15H,7-8H2,1-2H3,(H,19,21)(H,22,23). The van der Waals surface area contributed by atoms with E-state index in [0.29, 0.717) is 11.3 Å². The normalized spacial score (nSPS) is 15.2. The molecule has 2 aromatic rings. The van der Waals surface area contributed by atoms with Gasteiger partial charge in [-0.2, -0.15) is 5.10 Å². The number of hydrogen-bond donors (Lipinski definition) is 2. The molecule has 1 amide bonds. The zero-order chi connectivity index (χ0) is 16.6. The Labute approximate surface area is 134 Å². The minimum atomic E-state index is -0.982. The molecule has 6 nitrogen and oxygen atoms in total. The third-order valence-electron chi connectivity index (χ3n) is 4.24. The van der Waals surface area contributed by atoms with Gasteiger partial charge in [0.2, 0.25) is 0 Å². The number of rotatable bonds is 5. The Hall–Kier alpha value is -2.63. The van der Waals surface area contributed by atoms with Crippen LogP contribution in [0.4, 0.5) is 0 Å². The number of carboxylic acids is 1. The zero-order valence-corrected chi connectivity index (χ0v) is 13.1. The molecule has 1 saturated carbocycles. The first-order valence-corrected chi connectivity index (χ1v) is 7.63. The topological polar surface area (TPSA) is 84.2 Å². The van der Waals surface area contributed by atoms with Crippen molar-refractivity contribution < 1.29 is 14.7 Å². The number of aryl methyl sites for hydroxylation is 1. The average Bonchev–Trinajstić information content (AvgIpc) is 3.28. The van der Waals surface area contributed by atoms with E-state index in [-0.39, 0.29) is 11.8 Å². The SMILES string of the molecule is Cc1ccccc1-n1ncc(C(=O)NC(C(=O)O)C2CC2)c1C. The second kappa shape index (κ2) is 5.87. The first-order chi connectivity index (χ1) is 11.0. The molecule has 1 fully saturated rings. The van der Waals surface area contributed by atoms with E-state index in [2.05, 4.69) is 10.4 Å². The summed E-state index contributed by atoms with van der Waals surface area (Å²) in [5.41, 5.74) is 3.05. The average molecular weight is 313 g/mol. The molecule has 2 N–H and O–H groups in total. The number of aromatic nitrogens is 2. The van der Waals surface area contributed by atoms with E-state index in [1.54, 1.807) is 11.6 Å². The minimum absolute atomic E-state index is 0.0446. The number of aliphatic carboxylic acids is 1. The number of nitrogens with one attached hydrogen (secondary N) is 1. The second-order valence-corrected chi connectivity index (χ2v) is 5.97. The van der Waals surface area contributed by atoms with E-state index >= 15 is 0 Å². The molecule has 3 rings (SSSR count). The Morgan fingerprint density at radius 3 is 2.61 bits per heavy atom. The van der Waals surface area contributed by atoms with Gasteiger partial charge >= 0.3 is 5.97 Å². The van der Waals surface area contributed by atoms with Crippen LogP contribution in [0.5, 0.6) is 0 Å². The fourth-order valence-electron chi connectivity index (χ4n) is 2.71. The first kappa shape index (κ1) is 15.3. The molecule has 1 heterocycles. The number of nitrogens with zero attached hydrogens (tertiary/aromatic N) is 2. The minimum Gasteiger partial charge on any atom is -0.480 e. The van der Waals surface area contributed by atoms with Crippen LogP contribution in [0, 0.1) is 19.8 Å². The molecule has 0 spiro atoms. The molecule has 1 atom stereocenters. The predicted octanol–water partition coefficient (Wildman–Crippen LogP) is 2.08. The lowest BCUT2D eigenvalue weighted by Crippen LogP contribution is -2.42. The summed E-state index contributed by atoms with van der Waals surface area (Å²) in [4.78, 5) is 23.7. The fraction of sp³-hybridized carbons (Fsp3) is 0.353. The summed E-state index contributed by atoms with van der Waals surface area (Å²) in [5, 5.41) is 16.1. The van der Waals surface area contributed by atoms with Crippen molar-refractivity contribution in [3.63, 3.8) is 0 Å². The van der Waals surface area contributed by atoms with E-state index < -0.39 is 12.0 Å². The highest BCUT2D eigenvalue weighted by atomic mass is 16.4. The summed E-state index contributed by atoms with van der Waals surface area (Å²) in [6.45, 7) is 3.78. The molecule has 23 heavy (non-hydrogen) atoms. The molecule has 0 radical (unpaired) electrons. The highest BCUT2D eigenvalue weighted by Gasteiger charge is 2.37. The van der Waals surface area contributed by atoms with E-state index in [0.717, 1.165) is 24.1 Å². The number of carbonyl (C=O) groups excluding carboxylic acids is 1. The second-order valence-electron chi connectivity index (χ2n) is 5.97. The van der Waals surface area contributed by atoms with Crippen LogP contribution in [0.3, 0.4) is 0 Å². The van der Waals surface area contributed by atoms with Crippen LogP contribution in [-0.4, -0.2) is 32.8 Å². The number of amides is 1. The van der Waals surface area contributed by atoms with Crippen LogP contribution in [0.25, 0.3) is 5.69 Å². The van der Waals surface area contributed by atoms with Crippen LogP contribution in [0.15, 0.2) is 30.5 Å². The van der Waals surface area contributed by atoms with Crippen LogP contribution >= 0.6 is 0 Å². The van der Waals surface area contributed by atoms with Crippen molar-refractivity contribution in [1.29, 1.82) is 0 Å². The van der Waals surface area contributed by atoms with Crippen LogP contribution in [0.2, 0.25) is 0 Å². The summed E-state index contributed by atoms with van der Waals surface area (Å²) in [6.07, 6.45) is 3.18. The van der Waals surface area contributed by atoms with Crippen molar-refractivity contribution in [2.75, 3.05) is 0 Å². The molecule has 0 aliphatic heterocycles. The van der Waals surface area contributed by atoms with Crippen molar-refractivity contribution in [2.24, 2.45) is 5.92 Å².